The van der Waals surface area contributed by atoms with Gasteiger partial charge in [-0.2, -0.15) is 5.26 Å². The molecule has 1 unspecified atom stereocenters. The van der Waals surface area contributed by atoms with Crippen LogP contribution in [0.2, 0.25) is 0 Å². The van der Waals surface area contributed by atoms with E-state index in [-0.39, 0.29) is 17.9 Å². The Hall–Kier alpha value is -1.86. The Morgan fingerprint density at radius 3 is 2.20 bits per heavy atom. The topological polar surface area (TPSA) is 70.1 Å². The molecule has 108 valence electrons. The highest BCUT2D eigenvalue weighted by atomic mass is 16.2. The Bertz CT molecular complexity index is 485. The summed E-state index contributed by atoms with van der Waals surface area (Å²) in [6.45, 7) is 8.37. The summed E-state index contributed by atoms with van der Waals surface area (Å²) in [7, 11) is 0. The summed E-state index contributed by atoms with van der Waals surface area (Å²) in [5, 5.41) is 8.79. The SMILES string of the molecule is CC(C)C(N)C(=O)N(Cc1ccc(C#N)cc1)C(C)C. The van der Waals surface area contributed by atoms with Crippen LogP contribution in [0, 0.1) is 17.2 Å². The van der Waals surface area contributed by atoms with Crippen molar-refractivity contribution in [3.63, 3.8) is 0 Å². The first-order chi connectivity index (χ1) is 9.36. The monoisotopic (exact) mass is 273 g/mol. The van der Waals surface area contributed by atoms with Crippen LogP contribution >= 0.6 is 0 Å². The first-order valence-electron chi connectivity index (χ1n) is 6.92. The normalized spacial score (nSPS) is 12.3. The molecule has 4 nitrogen and oxygen atoms in total. The van der Waals surface area contributed by atoms with Crippen LogP contribution in [0.15, 0.2) is 24.3 Å². The van der Waals surface area contributed by atoms with Gasteiger partial charge in [0.05, 0.1) is 17.7 Å². The van der Waals surface area contributed by atoms with Crippen molar-refractivity contribution in [2.75, 3.05) is 0 Å². The van der Waals surface area contributed by atoms with Crippen molar-refractivity contribution in [2.24, 2.45) is 11.7 Å². The predicted octanol–water partition coefficient (Wildman–Crippen LogP) is 2.28. The molecule has 0 heterocycles. The number of rotatable bonds is 5. The van der Waals surface area contributed by atoms with Crippen molar-refractivity contribution in [2.45, 2.75) is 46.3 Å². The van der Waals surface area contributed by atoms with Crippen molar-refractivity contribution in [1.82, 2.24) is 4.90 Å². The highest BCUT2D eigenvalue weighted by molar-refractivity contribution is 5.82. The van der Waals surface area contributed by atoms with Gasteiger partial charge in [0.15, 0.2) is 0 Å². The summed E-state index contributed by atoms with van der Waals surface area (Å²) < 4.78 is 0. The molecule has 0 aliphatic carbocycles. The highest BCUT2D eigenvalue weighted by Crippen LogP contribution is 2.13. The summed E-state index contributed by atoms with van der Waals surface area (Å²) in [6, 6.07) is 8.98. The molecule has 0 radical (unpaired) electrons. The Labute approximate surface area is 121 Å². The number of nitriles is 1. The fourth-order valence-electron chi connectivity index (χ4n) is 1.87. The number of carbonyl (C=O) groups excluding carboxylic acids is 1. The van der Waals surface area contributed by atoms with Crippen molar-refractivity contribution < 1.29 is 4.79 Å². The van der Waals surface area contributed by atoms with Gasteiger partial charge in [-0.1, -0.05) is 26.0 Å². The zero-order valence-corrected chi connectivity index (χ0v) is 12.6. The number of nitrogens with zero attached hydrogens (tertiary/aromatic N) is 2. The standard InChI is InChI=1S/C16H23N3O/c1-11(2)15(18)16(20)19(12(3)4)10-14-7-5-13(9-17)6-8-14/h5-8,11-12,15H,10,18H2,1-4H3. The molecule has 0 aromatic heterocycles. The van der Waals surface area contributed by atoms with Gasteiger partial charge in [0.1, 0.15) is 0 Å². The van der Waals surface area contributed by atoms with Gasteiger partial charge in [0, 0.05) is 12.6 Å². The molecule has 0 spiro atoms. The van der Waals surface area contributed by atoms with Crippen LogP contribution in [0.1, 0.15) is 38.8 Å². The van der Waals surface area contributed by atoms with Crippen molar-refractivity contribution in [1.29, 1.82) is 5.26 Å². The number of hydrogen-bond donors (Lipinski definition) is 1. The minimum Gasteiger partial charge on any atom is -0.335 e. The molecule has 0 aliphatic heterocycles. The third kappa shape index (κ3) is 4.07. The second kappa shape index (κ2) is 7.06. The fraction of sp³-hybridized carbons (Fsp3) is 0.500. The lowest BCUT2D eigenvalue weighted by Gasteiger charge is -2.30. The van der Waals surface area contributed by atoms with E-state index < -0.39 is 6.04 Å². The van der Waals surface area contributed by atoms with E-state index in [1.165, 1.54) is 0 Å². The number of carbonyl (C=O) groups is 1. The molecule has 2 N–H and O–H groups in total. The van der Waals surface area contributed by atoms with Gasteiger partial charge in [-0.05, 0) is 37.5 Å². The number of amides is 1. The summed E-state index contributed by atoms with van der Waals surface area (Å²) in [5.41, 5.74) is 7.59. The molecule has 1 atom stereocenters. The van der Waals surface area contributed by atoms with E-state index in [4.69, 9.17) is 11.0 Å². The van der Waals surface area contributed by atoms with E-state index in [1.54, 1.807) is 17.0 Å². The molecule has 1 amide bonds. The van der Waals surface area contributed by atoms with Gasteiger partial charge >= 0.3 is 0 Å². The van der Waals surface area contributed by atoms with Crippen LogP contribution in [0.25, 0.3) is 0 Å². The number of nitrogens with two attached hydrogens (primary N) is 1. The summed E-state index contributed by atoms with van der Waals surface area (Å²) in [6.07, 6.45) is 0. The van der Waals surface area contributed by atoms with E-state index in [9.17, 15) is 4.79 Å². The molecule has 1 aromatic rings. The second-order valence-electron chi connectivity index (χ2n) is 5.64. The number of hydrogen-bond acceptors (Lipinski definition) is 3. The van der Waals surface area contributed by atoms with Gasteiger partial charge in [-0.3, -0.25) is 4.79 Å². The van der Waals surface area contributed by atoms with Gasteiger partial charge < -0.3 is 10.6 Å². The van der Waals surface area contributed by atoms with Crippen LogP contribution < -0.4 is 5.73 Å². The maximum Gasteiger partial charge on any atom is 0.240 e. The Kier molecular flexibility index (Phi) is 5.72. The van der Waals surface area contributed by atoms with E-state index in [1.807, 2.05) is 39.8 Å². The van der Waals surface area contributed by atoms with Gasteiger partial charge in [-0.25, -0.2) is 0 Å². The minimum atomic E-state index is -0.476. The molecule has 0 bridgehead atoms. The van der Waals surface area contributed by atoms with Crippen LogP contribution in [-0.4, -0.2) is 22.9 Å². The van der Waals surface area contributed by atoms with E-state index in [0.717, 1.165) is 5.56 Å². The van der Waals surface area contributed by atoms with Gasteiger partial charge in [-0.15, -0.1) is 0 Å². The third-order valence-electron chi connectivity index (χ3n) is 3.35. The summed E-state index contributed by atoms with van der Waals surface area (Å²) in [5.74, 6) is 0.0871. The maximum atomic E-state index is 12.4. The zero-order valence-electron chi connectivity index (χ0n) is 12.6. The first kappa shape index (κ1) is 16.2. The van der Waals surface area contributed by atoms with Crippen LogP contribution in [-0.2, 0) is 11.3 Å². The lowest BCUT2D eigenvalue weighted by Crippen LogP contribution is -2.48. The smallest absolute Gasteiger partial charge is 0.240 e. The van der Waals surface area contributed by atoms with Crippen molar-refractivity contribution in [3.8, 4) is 6.07 Å². The molecular weight excluding hydrogens is 250 g/mol. The van der Waals surface area contributed by atoms with Crippen molar-refractivity contribution in [3.05, 3.63) is 35.4 Å². The fourth-order valence-corrected chi connectivity index (χ4v) is 1.87. The molecule has 0 aliphatic rings. The average molecular weight is 273 g/mol. The largest absolute Gasteiger partial charge is 0.335 e. The van der Waals surface area contributed by atoms with E-state index >= 15 is 0 Å². The molecule has 0 saturated carbocycles. The zero-order chi connectivity index (χ0) is 15.3. The highest BCUT2D eigenvalue weighted by Gasteiger charge is 2.25. The quantitative estimate of drug-likeness (QED) is 0.894. The average Bonchev–Trinajstić information content (AvgIpc) is 2.43. The van der Waals surface area contributed by atoms with Crippen LogP contribution in [0.5, 0.6) is 0 Å². The molecule has 4 heteroatoms. The molecule has 1 aromatic carbocycles. The predicted molar refractivity (Wildman–Crippen MR) is 79.7 cm³/mol. The lowest BCUT2D eigenvalue weighted by atomic mass is 10.0. The minimum absolute atomic E-state index is 0.0284. The second-order valence-corrected chi connectivity index (χ2v) is 5.64. The molecular formula is C16H23N3O. The molecule has 20 heavy (non-hydrogen) atoms. The van der Waals surface area contributed by atoms with E-state index in [0.29, 0.717) is 12.1 Å². The maximum absolute atomic E-state index is 12.4. The first-order valence-corrected chi connectivity index (χ1v) is 6.92. The summed E-state index contributed by atoms with van der Waals surface area (Å²) >= 11 is 0. The van der Waals surface area contributed by atoms with E-state index in [2.05, 4.69) is 6.07 Å². The summed E-state index contributed by atoms with van der Waals surface area (Å²) in [4.78, 5) is 14.2. The molecule has 0 fully saturated rings. The van der Waals surface area contributed by atoms with Gasteiger partial charge in [0.25, 0.3) is 0 Å². The Balaban J connectivity index is 2.87. The third-order valence-corrected chi connectivity index (χ3v) is 3.35. The lowest BCUT2D eigenvalue weighted by molar-refractivity contribution is -0.136. The Morgan fingerprint density at radius 2 is 1.80 bits per heavy atom. The molecule has 0 saturated heterocycles. The number of benzene rings is 1. The van der Waals surface area contributed by atoms with Gasteiger partial charge in [0.2, 0.25) is 5.91 Å². The van der Waals surface area contributed by atoms with Crippen LogP contribution in [0.3, 0.4) is 0 Å². The van der Waals surface area contributed by atoms with Crippen LogP contribution in [0.4, 0.5) is 0 Å². The Morgan fingerprint density at radius 1 is 1.25 bits per heavy atom. The molecule has 1 rings (SSSR count). The van der Waals surface area contributed by atoms with Crippen molar-refractivity contribution >= 4 is 5.91 Å².